The summed E-state index contributed by atoms with van der Waals surface area (Å²) in [5, 5.41) is 5.92. The summed E-state index contributed by atoms with van der Waals surface area (Å²) in [5.41, 5.74) is 1.86. The molecule has 0 aliphatic carbocycles. The number of carbonyl (C=O) groups excluding carboxylic acids is 2. The molecule has 0 fully saturated rings. The van der Waals surface area contributed by atoms with Gasteiger partial charge in [0.1, 0.15) is 5.82 Å². The van der Waals surface area contributed by atoms with Crippen molar-refractivity contribution in [2.75, 3.05) is 10.6 Å². The highest BCUT2D eigenvalue weighted by Crippen LogP contribution is 2.16. The van der Waals surface area contributed by atoms with E-state index in [1.807, 2.05) is 0 Å². The summed E-state index contributed by atoms with van der Waals surface area (Å²) >= 11 is 5.89. The molecule has 3 aromatic rings. The molecule has 0 aliphatic rings. The molecule has 2 N–H and O–H groups in total. The fourth-order valence-electron chi connectivity index (χ4n) is 2.28. The summed E-state index contributed by atoms with van der Waals surface area (Å²) in [5.74, 6) is -1.03. The summed E-state index contributed by atoms with van der Waals surface area (Å²) in [7, 11) is 0. The minimum atomic E-state index is -0.377. The van der Waals surface area contributed by atoms with Crippen LogP contribution in [0.3, 0.4) is 0 Å². The number of nitrogens with one attached hydrogen (secondary N) is 2. The molecule has 3 rings (SSSR count). The van der Waals surface area contributed by atoms with Crippen LogP contribution in [0.5, 0.6) is 0 Å². The monoisotopic (exact) mass is 368 g/mol. The van der Waals surface area contributed by atoms with Gasteiger partial charge in [0, 0.05) is 27.5 Å². The predicted molar refractivity (Wildman–Crippen MR) is 100 cm³/mol. The average Bonchev–Trinajstić information content (AvgIpc) is 2.64. The highest BCUT2D eigenvalue weighted by molar-refractivity contribution is 6.31. The molecule has 6 heteroatoms. The molecule has 0 unspecified atom stereocenters. The van der Waals surface area contributed by atoms with Gasteiger partial charge in [-0.1, -0.05) is 17.7 Å². The van der Waals surface area contributed by atoms with Crippen molar-refractivity contribution in [1.29, 1.82) is 0 Å². The van der Waals surface area contributed by atoms with Crippen molar-refractivity contribution in [3.8, 4) is 0 Å². The lowest BCUT2D eigenvalue weighted by molar-refractivity contribution is 0.101. The Morgan fingerprint density at radius 3 is 1.81 bits per heavy atom. The van der Waals surface area contributed by atoms with E-state index >= 15 is 0 Å². The SMILES string of the molecule is O=C(Nc1ccc(F)cc1)c1ccc(C(=O)Nc2cccc(Cl)c2)cc1. The van der Waals surface area contributed by atoms with Crippen LogP contribution < -0.4 is 10.6 Å². The topological polar surface area (TPSA) is 58.2 Å². The fraction of sp³-hybridized carbons (Fsp3) is 0. The molecule has 4 nitrogen and oxygen atoms in total. The first-order valence-corrected chi connectivity index (χ1v) is 8.13. The van der Waals surface area contributed by atoms with Gasteiger partial charge in [-0.15, -0.1) is 0 Å². The maximum Gasteiger partial charge on any atom is 0.255 e. The van der Waals surface area contributed by atoms with Crippen LogP contribution in [-0.2, 0) is 0 Å². The smallest absolute Gasteiger partial charge is 0.255 e. The second-order valence-electron chi connectivity index (χ2n) is 5.50. The quantitative estimate of drug-likeness (QED) is 0.682. The summed E-state index contributed by atoms with van der Waals surface area (Å²) in [4.78, 5) is 24.4. The molecule has 0 aromatic heterocycles. The van der Waals surface area contributed by atoms with Crippen LogP contribution in [0, 0.1) is 5.82 Å². The Morgan fingerprint density at radius 1 is 0.731 bits per heavy atom. The zero-order valence-electron chi connectivity index (χ0n) is 13.5. The van der Waals surface area contributed by atoms with Crippen LogP contribution in [0.1, 0.15) is 20.7 Å². The Labute approximate surface area is 154 Å². The zero-order valence-corrected chi connectivity index (χ0v) is 14.3. The van der Waals surface area contributed by atoms with Crippen LogP contribution in [0.2, 0.25) is 5.02 Å². The molecule has 0 spiro atoms. The van der Waals surface area contributed by atoms with Crippen molar-refractivity contribution in [2.45, 2.75) is 0 Å². The summed E-state index contributed by atoms with van der Waals surface area (Å²) in [6, 6.07) is 18.5. The fourth-order valence-corrected chi connectivity index (χ4v) is 2.47. The highest BCUT2D eigenvalue weighted by Gasteiger charge is 2.10. The maximum absolute atomic E-state index is 12.9. The van der Waals surface area contributed by atoms with Gasteiger partial charge in [-0.3, -0.25) is 9.59 Å². The van der Waals surface area contributed by atoms with Gasteiger partial charge in [-0.2, -0.15) is 0 Å². The first-order valence-electron chi connectivity index (χ1n) is 7.75. The number of anilines is 2. The zero-order chi connectivity index (χ0) is 18.5. The Balaban J connectivity index is 1.66. The molecule has 0 aliphatic heterocycles. The van der Waals surface area contributed by atoms with E-state index in [0.29, 0.717) is 27.5 Å². The van der Waals surface area contributed by atoms with Crippen LogP contribution in [0.4, 0.5) is 15.8 Å². The second-order valence-corrected chi connectivity index (χ2v) is 5.94. The Morgan fingerprint density at radius 2 is 1.27 bits per heavy atom. The minimum Gasteiger partial charge on any atom is -0.322 e. The predicted octanol–water partition coefficient (Wildman–Crippen LogP) is 4.98. The van der Waals surface area contributed by atoms with Gasteiger partial charge in [0.05, 0.1) is 0 Å². The highest BCUT2D eigenvalue weighted by atomic mass is 35.5. The van der Waals surface area contributed by atoms with E-state index in [1.165, 1.54) is 24.3 Å². The summed E-state index contributed by atoms with van der Waals surface area (Å²) in [6.07, 6.45) is 0. The van der Waals surface area contributed by atoms with E-state index in [0.717, 1.165) is 0 Å². The molecule has 130 valence electrons. The van der Waals surface area contributed by atoms with E-state index in [-0.39, 0.29) is 17.6 Å². The number of benzene rings is 3. The molecule has 0 heterocycles. The molecule has 0 saturated carbocycles. The van der Waals surface area contributed by atoms with Gasteiger partial charge in [0.2, 0.25) is 0 Å². The molecule has 0 bridgehead atoms. The van der Waals surface area contributed by atoms with E-state index in [4.69, 9.17) is 11.6 Å². The van der Waals surface area contributed by atoms with E-state index in [9.17, 15) is 14.0 Å². The van der Waals surface area contributed by atoms with Crippen molar-refractivity contribution < 1.29 is 14.0 Å². The molecule has 0 radical (unpaired) electrons. The number of halogens is 2. The Hall–Kier alpha value is -3.18. The molecule has 0 atom stereocenters. The molecule has 26 heavy (non-hydrogen) atoms. The number of amides is 2. The minimum absolute atomic E-state index is 0.308. The average molecular weight is 369 g/mol. The summed E-state index contributed by atoms with van der Waals surface area (Å²) < 4.78 is 12.9. The standard InChI is InChI=1S/C20H14ClFN2O2/c21-15-2-1-3-18(12-15)24-20(26)14-6-4-13(5-7-14)19(25)23-17-10-8-16(22)9-11-17/h1-12H,(H,23,25)(H,24,26). The number of carbonyl (C=O) groups is 2. The van der Waals surface area contributed by atoms with Crippen molar-refractivity contribution >= 4 is 34.8 Å². The maximum atomic E-state index is 12.9. The molecular formula is C20H14ClFN2O2. The van der Waals surface area contributed by atoms with E-state index in [2.05, 4.69) is 10.6 Å². The number of hydrogen-bond acceptors (Lipinski definition) is 2. The molecular weight excluding hydrogens is 355 g/mol. The van der Waals surface area contributed by atoms with Gasteiger partial charge in [0.15, 0.2) is 0 Å². The first kappa shape index (κ1) is 17.6. The van der Waals surface area contributed by atoms with Crippen molar-refractivity contribution in [2.24, 2.45) is 0 Å². The van der Waals surface area contributed by atoms with Gasteiger partial charge in [-0.25, -0.2) is 4.39 Å². The third-order valence-corrected chi connectivity index (χ3v) is 3.83. The van der Waals surface area contributed by atoms with Crippen LogP contribution in [-0.4, -0.2) is 11.8 Å². The van der Waals surface area contributed by atoms with Crippen LogP contribution in [0.25, 0.3) is 0 Å². The number of rotatable bonds is 4. The lowest BCUT2D eigenvalue weighted by Gasteiger charge is -2.08. The molecule has 2 amide bonds. The Bertz CT molecular complexity index is 941. The van der Waals surface area contributed by atoms with Crippen LogP contribution >= 0.6 is 11.6 Å². The lowest BCUT2D eigenvalue weighted by Crippen LogP contribution is -2.14. The largest absolute Gasteiger partial charge is 0.322 e. The normalized spacial score (nSPS) is 10.2. The van der Waals surface area contributed by atoms with E-state index < -0.39 is 0 Å². The lowest BCUT2D eigenvalue weighted by atomic mass is 10.1. The van der Waals surface area contributed by atoms with Gasteiger partial charge < -0.3 is 10.6 Å². The van der Waals surface area contributed by atoms with Gasteiger partial charge in [-0.05, 0) is 66.7 Å². The van der Waals surface area contributed by atoms with Crippen LogP contribution in [0.15, 0.2) is 72.8 Å². The Kier molecular flexibility index (Phi) is 5.29. The molecule has 0 saturated heterocycles. The second kappa shape index (κ2) is 7.80. The third kappa shape index (κ3) is 4.46. The van der Waals surface area contributed by atoms with Gasteiger partial charge >= 0.3 is 0 Å². The number of hydrogen-bond donors (Lipinski definition) is 2. The van der Waals surface area contributed by atoms with Crippen molar-refractivity contribution in [3.05, 3.63) is 94.8 Å². The molecule has 3 aromatic carbocycles. The van der Waals surface area contributed by atoms with Crippen molar-refractivity contribution in [3.63, 3.8) is 0 Å². The van der Waals surface area contributed by atoms with E-state index in [1.54, 1.807) is 48.5 Å². The van der Waals surface area contributed by atoms with Crippen molar-refractivity contribution in [1.82, 2.24) is 0 Å². The third-order valence-electron chi connectivity index (χ3n) is 3.59. The first-order chi connectivity index (χ1) is 12.5. The summed E-state index contributed by atoms with van der Waals surface area (Å²) in [6.45, 7) is 0. The van der Waals surface area contributed by atoms with Gasteiger partial charge in [0.25, 0.3) is 11.8 Å².